The maximum absolute atomic E-state index is 13.4. The van der Waals surface area contributed by atoms with Crippen LogP contribution in [-0.2, 0) is 14.3 Å². The molecule has 2 heterocycles. The molecule has 9 nitrogen and oxygen atoms in total. The lowest BCUT2D eigenvalue weighted by Gasteiger charge is -2.37. The van der Waals surface area contributed by atoms with E-state index in [-0.39, 0.29) is 29.8 Å². The van der Waals surface area contributed by atoms with Crippen LogP contribution in [0.5, 0.6) is 11.6 Å². The number of esters is 1. The summed E-state index contributed by atoms with van der Waals surface area (Å²) in [7, 11) is 1.51. The third kappa shape index (κ3) is 4.93. The van der Waals surface area contributed by atoms with Crippen LogP contribution in [0.4, 0.5) is 11.5 Å². The van der Waals surface area contributed by atoms with Crippen LogP contribution in [0.25, 0.3) is 0 Å². The molecule has 1 saturated carbocycles. The molecular weight excluding hydrogens is 484 g/mol. The van der Waals surface area contributed by atoms with Crippen molar-refractivity contribution in [1.29, 1.82) is 5.26 Å². The molecular formula is C26H31ClN4O5. The number of anilines is 2. The average Bonchev–Trinajstić information content (AvgIpc) is 2.99. The predicted octanol–water partition coefficient (Wildman–Crippen LogP) is 4.91. The number of carbonyl (C=O) groups excluding carboxylic acids is 1. The number of hydrogen-bond donors (Lipinski definition) is 1. The largest absolute Gasteiger partial charge is 0.489 e. The molecule has 0 amide bonds. The second-order valence-electron chi connectivity index (χ2n) is 10.2. The van der Waals surface area contributed by atoms with Gasteiger partial charge in [0.05, 0.1) is 48.1 Å². The van der Waals surface area contributed by atoms with Crippen LogP contribution in [0.1, 0.15) is 46.1 Å². The monoisotopic (exact) mass is 514 g/mol. The molecule has 1 aliphatic carbocycles. The second kappa shape index (κ2) is 10.1. The average molecular weight is 515 g/mol. The van der Waals surface area contributed by atoms with Crippen LogP contribution in [0, 0.1) is 28.6 Å². The van der Waals surface area contributed by atoms with Crippen molar-refractivity contribution in [1.82, 2.24) is 9.97 Å². The topological polar surface area (TPSA) is 116 Å². The summed E-state index contributed by atoms with van der Waals surface area (Å²) in [6.07, 6.45) is 2.31. The van der Waals surface area contributed by atoms with Gasteiger partial charge in [-0.2, -0.15) is 10.2 Å². The minimum absolute atomic E-state index is 0.000250. The summed E-state index contributed by atoms with van der Waals surface area (Å²) >= 11 is 6.33. The lowest BCUT2D eigenvalue weighted by molar-refractivity contribution is -0.173. The Labute approximate surface area is 216 Å². The first-order valence-corrected chi connectivity index (χ1v) is 12.3. The van der Waals surface area contributed by atoms with Gasteiger partial charge in [-0.05, 0) is 51.8 Å². The van der Waals surface area contributed by atoms with E-state index >= 15 is 0 Å². The highest BCUT2D eigenvalue weighted by atomic mass is 35.5. The van der Waals surface area contributed by atoms with E-state index in [0.717, 1.165) is 0 Å². The van der Waals surface area contributed by atoms with Gasteiger partial charge in [0.15, 0.2) is 5.82 Å². The summed E-state index contributed by atoms with van der Waals surface area (Å²) in [5, 5.41) is 12.6. The number of halogens is 1. The zero-order valence-electron chi connectivity index (χ0n) is 21.1. The fourth-order valence-corrected chi connectivity index (χ4v) is 5.36. The number of hydrogen-bond acceptors (Lipinski definition) is 9. The second-order valence-corrected chi connectivity index (χ2v) is 10.6. The molecule has 0 spiro atoms. The first-order chi connectivity index (χ1) is 17.1. The van der Waals surface area contributed by atoms with Gasteiger partial charge in [0.25, 0.3) is 5.88 Å². The maximum Gasteiger partial charge on any atom is 0.313 e. The van der Waals surface area contributed by atoms with Gasteiger partial charge in [0, 0.05) is 11.8 Å². The van der Waals surface area contributed by atoms with Gasteiger partial charge >= 0.3 is 5.97 Å². The normalized spacial score (nSPS) is 25.1. The van der Waals surface area contributed by atoms with Gasteiger partial charge in [-0.3, -0.25) is 4.79 Å². The number of nitrogens with zero attached hydrogens (tertiary/aromatic N) is 3. The van der Waals surface area contributed by atoms with E-state index < -0.39 is 11.0 Å². The van der Waals surface area contributed by atoms with E-state index in [9.17, 15) is 4.79 Å². The number of carbonyl (C=O) groups is 1. The molecule has 4 unspecified atom stereocenters. The molecule has 4 atom stereocenters. The summed E-state index contributed by atoms with van der Waals surface area (Å²) < 4.78 is 23.8. The number of fused-ring (bicyclic) bond motifs is 2. The Balaban J connectivity index is 1.62. The number of benzene rings is 1. The van der Waals surface area contributed by atoms with Crippen LogP contribution >= 0.6 is 11.6 Å². The minimum atomic E-state index is -0.698. The van der Waals surface area contributed by atoms with Gasteiger partial charge in [-0.15, -0.1) is 0 Å². The molecule has 10 heteroatoms. The number of rotatable bonds is 7. The third-order valence-electron chi connectivity index (χ3n) is 6.84. The van der Waals surface area contributed by atoms with Crippen molar-refractivity contribution in [3.63, 3.8) is 0 Å². The molecule has 2 aromatic rings. The molecule has 1 aromatic carbocycles. The van der Waals surface area contributed by atoms with Gasteiger partial charge in [-0.1, -0.05) is 18.5 Å². The van der Waals surface area contributed by atoms with Crippen LogP contribution in [0.2, 0.25) is 5.02 Å². The van der Waals surface area contributed by atoms with E-state index in [1.54, 1.807) is 18.2 Å². The molecule has 0 radical (unpaired) electrons. The Kier molecular flexibility index (Phi) is 7.30. The van der Waals surface area contributed by atoms with Crippen molar-refractivity contribution in [2.45, 2.75) is 52.2 Å². The molecule has 1 N–H and O–H groups in total. The van der Waals surface area contributed by atoms with Gasteiger partial charge in [-0.25, -0.2) is 4.98 Å². The van der Waals surface area contributed by atoms with Gasteiger partial charge < -0.3 is 24.3 Å². The summed E-state index contributed by atoms with van der Waals surface area (Å²) in [6.45, 7) is 8.52. The van der Waals surface area contributed by atoms with Crippen molar-refractivity contribution in [2.75, 3.05) is 25.6 Å². The highest BCUT2D eigenvalue weighted by molar-refractivity contribution is 6.33. The Bertz CT molecular complexity index is 1180. The highest BCUT2D eigenvalue weighted by Gasteiger charge is 2.61. The van der Waals surface area contributed by atoms with Crippen molar-refractivity contribution < 1.29 is 23.7 Å². The minimum Gasteiger partial charge on any atom is -0.489 e. The highest BCUT2D eigenvalue weighted by Crippen LogP contribution is 2.54. The van der Waals surface area contributed by atoms with E-state index in [4.69, 9.17) is 35.8 Å². The molecule has 2 bridgehead atoms. The zero-order chi connectivity index (χ0) is 26.1. The fourth-order valence-electron chi connectivity index (χ4n) is 5.13. The molecule has 192 valence electrons. The third-order valence-corrected chi connectivity index (χ3v) is 7.15. The Morgan fingerprint density at radius 1 is 1.33 bits per heavy atom. The molecule has 2 aliphatic rings. The predicted molar refractivity (Wildman–Crippen MR) is 133 cm³/mol. The number of nitrogens with one attached hydrogen (secondary N) is 1. The smallest absolute Gasteiger partial charge is 0.313 e. The standard InChI is InChI=1S/C26H31ClN4O5/c1-6-26(24(32)36-25(2,3)4)10-16-12-34-13-17(26)20(16)35-23-21(33-5)22(29-14-30-23)31-19-8-7-15(11-28)9-18(19)27/h7-9,14,16-17,20H,6,10,12-13H2,1-5H3,(H,29,30,31). The van der Waals surface area contributed by atoms with Crippen molar-refractivity contribution in [2.24, 2.45) is 17.3 Å². The Morgan fingerprint density at radius 2 is 2.11 bits per heavy atom. The first-order valence-electron chi connectivity index (χ1n) is 12.0. The van der Waals surface area contributed by atoms with Gasteiger partial charge in [0.2, 0.25) is 5.75 Å². The molecule has 1 aromatic heterocycles. The number of aromatic nitrogens is 2. The Morgan fingerprint density at radius 3 is 2.75 bits per heavy atom. The summed E-state index contributed by atoms with van der Waals surface area (Å²) in [5.74, 6) is 0.528. The molecule has 2 fully saturated rings. The van der Waals surface area contributed by atoms with Crippen molar-refractivity contribution in [3.05, 3.63) is 35.1 Å². The number of ether oxygens (including phenoxy) is 4. The maximum atomic E-state index is 13.4. The van der Waals surface area contributed by atoms with Crippen LogP contribution in [0.15, 0.2) is 24.5 Å². The van der Waals surface area contributed by atoms with Gasteiger partial charge in [0.1, 0.15) is 18.0 Å². The lowest BCUT2D eigenvalue weighted by atomic mass is 9.75. The first kappa shape index (κ1) is 26.0. The SMILES string of the molecule is CCC1(C(=O)OC(C)(C)C)CC2COCC1C2Oc1ncnc(Nc2ccc(C#N)cc2Cl)c1OC. The van der Waals surface area contributed by atoms with E-state index in [1.165, 1.54) is 13.4 Å². The van der Waals surface area contributed by atoms with Crippen molar-refractivity contribution in [3.8, 4) is 17.7 Å². The Hall–Kier alpha value is -3.09. The van der Waals surface area contributed by atoms with Crippen molar-refractivity contribution >= 4 is 29.1 Å². The number of nitriles is 1. The number of methoxy groups -OCH3 is 1. The summed E-state index contributed by atoms with van der Waals surface area (Å²) in [5.41, 5.74) is -0.282. The lowest BCUT2D eigenvalue weighted by Crippen LogP contribution is -2.46. The van der Waals surface area contributed by atoms with Crippen LogP contribution in [-0.4, -0.2) is 48.0 Å². The van der Waals surface area contributed by atoms with Crippen LogP contribution < -0.4 is 14.8 Å². The van der Waals surface area contributed by atoms with E-state index in [0.29, 0.717) is 53.9 Å². The molecule has 4 rings (SSSR count). The van der Waals surface area contributed by atoms with E-state index in [1.807, 2.05) is 27.7 Å². The molecule has 36 heavy (non-hydrogen) atoms. The fraction of sp³-hybridized carbons (Fsp3) is 0.538. The quantitative estimate of drug-likeness (QED) is 0.514. The zero-order valence-corrected chi connectivity index (χ0v) is 21.9. The molecule has 1 saturated heterocycles. The molecule has 1 aliphatic heterocycles. The summed E-state index contributed by atoms with van der Waals surface area (Å²) in [6, 6.07) is 6.97. The van der Waals surface area contributed by atoms with Crippen LogP contribution in [0.3, 0.4) is 0 Å². The van der Waals surface area contributed by atoms with E-state index in [2.05, 4.69) is 21.4 Å². The summed E-state index contributed by atoms with van der Waals surface area (Å²) in [4.78, 5) is 22.0.